The third kappa shape index (κ3) is 3.07. The molecule has 0 spiro atoms. The highest BCUT2D eigenvalue weighted by atomic mass is 16.5. The van der Waals surface area contributed by atoms with Gasteiger partial charge >= 0.3 is 0 Å². The third-order valence-electron chi connectivity index (χ3n) is 3.30. The van der Waals surface area contributed by atoms with E-state index in [1.54, 1.807) is 0 Å². The molecule has 102 valence electrons. The van der Waals surface area contributed by atoms with E-state index in [1.807, 2.05) is 18.8 Å². The van der Waals surface area contributed by atoms with Gasteiger partial charge in [0, 0.05) is 19.7 Å². The van der Waals surface area contributed by atoms with Gasteiger partial charge in [0.15, 0.2) is 0 Å². The van der Waals surface area contributed by atoms with Crippen LogP contribution in [0.1, 0.15) is 36.8 Å². The zero-order valence-electron chi connectivity index (χ0n) is 11.3. The summed E-state index contributed by atoms with van der Waals surface area (Å²) in [6.45, 7) is 3.04. The van der Waals surface area contributed by atoms with Gasteiger partial charge in [-0.25, -0.2) is 4.68 Å². The maximum absolute atomic E-state index is 5.84. The minimum absolute atomic E-state index is 0.0883. The van der Waals surface area contributed by atoms with E-state index in [-0.39, 0.29) is 6.10 Å². The summed E-state index contributed by atoms with van der Waals surface area (Å²) >= 11 is 0. The van der Waals surface area contributed by atoms with Gasteiger partial charge in [-0.2, -0.15) is 0 Å². The van der Waals surface area contributed by atoms with Crippen molar-refractivity contribution >= 4 is 0 Å². The van der Waals surface area contributed by atoms with Crippen LogP contribution in [0.25, 0.3) is 0 Å². The summed E-state index contributed by atoms with van der Waals surface area (Å²) in [7, 11) is 4.09. The van der Waals surface area contributed by atoms with Crippen molar-refractivity contribution in [2.75, 3.05) is 27.2 Å². The molecular formula is C12H23N5O. The van der Waals surface area contributed by atoms with Gasteiger partial charge in [0.05, 0.1) is 12.2 Å². The molecule has 1 aliphatic heterocycles. The van der Waals surface area contributed by atoms with Crippen molar-refractivity contribution < 1.29 is 4.74 Å². The molecule has 2 heterocycles. The Kier molecular flexibility index (Phi) is 4.68. The molecule has 1 aromatic heterocycles. The fraction of sp³-hybridized carbons (Fsp3) is 0.833. The Bertz CT molecular complexity index is 371. The molecule has 1 aromatic rings. The zero-order chi connectivity index (χ0) is 13.0. The third-order valence-corrected chi connectivity index (χ3v) is 3.30. The van der Waals surface area contributed by atoms with E-state index in [0.717, 1.165) is 43.9 Å². The van der Waals surface area contributed by atoms with E-state index in [1.165, 1.54) is 6.42 Å². The molecule has 6 nitrogen and oxygen atoms in total. The van der Waals surface area contributed by atoms with Crippen LogP contribution in [-0.4, -0.2) is 47.1 Å². The molecule has 0 amide bonds. The molecule has 0 radical (unpaired) electrons. The molecule has 18 heavy (non-hydrogen) atoms. The van der Waals surface area contributed by atoms with Gasteiger partial charge in [0.1, 0.15) is 11.8 Å². The maximum atomic E-state index is 5.84. The topological polar surface area (TPSA) is 69.2 Å². The van der Waals surface area contributed by atoms with Gasteiger partial charge in [0.2, 0.25) is 0 Å². The monoisotopic (exact) mass is 253 g/mol. The lowest BCUT2D eigenvalue weighted by atomic mass is 10.0. The first-order chi connectivity index (χ1) is 8.72. The Labute approximate surface area is 108 Å². The maximum Gasteiger partial charge on any atom is 0.116 e. The van der Waals surface area contributed by atoms with Crippen molar-refractivity contribution in [3.05, 3.63) is 11.4 Å². The van der Waals surface area contributed by atoms with Gasteiger partial charge < -0.3 is 15.4 Å². The fourth-order valence-electron chi connectivity index (χ4n) is 2.24. The molecule has 1 aliphatic rings. The average molecular weight is 253 g/mol. The Morgan fingerprint density at radius 1 is 1.44 bits per heavy atom. The van der Waals surface area contributed by atoms with E-state index in [4.69, 9.17) is 10.5 Å². The Morgan fingerprint density at radius 2 is 2.28 bits per heavy atom. The van der Waals surface area contributed by atoms with E-state index >= 15 is 0 Å². The molecule has 1 atom stereocenters. The lowest BCUT2D eigenvalue weighted by Crippen LogP contribution is -2.22. The summed E-state index contributed by atoms with van der Waals surface area (Å²) in [5.74, 6) is 0. The highest BCUT2D eigenvalue weighted by Gasteiger charge is 2.23. The summed E-state index contributed by atoms with van der Waals surface area (Å²) in [5.41, 5.74) is 7.80. The number of nitrogens with zero attached hydrogens (tertiary/aromatic N) is 4. The van der Waals surface area contributed by atoms with Crippen LogP contribution in [0.3, 0.4) is 0 Å². The molecule has 1 fully saturated rings. The first-order valence-electron chi connectivity index (χ1n) is 6.61. The van der Waals surface area contributed by atoms with Gasteiger partial charge in [-0.3, -0.25) is 0 Å². The lowest BCUT2D eigenvalue weighted by Gasteiger charge is -2.21. The zero-order valence-corrected chi connectivity index (χ0v) is 11.3. The van der Waals surface area contributed by atoms with Crippen LogP contribution >= 0.6 is 0 Å². The molecule has 0 bridgehead atoms. The number of hydrogen-bond donors (Lipinski definition) is 1. The van der Waals surface area contributed by atoms with Crippen molar-refractivity contribution in [3.63, 3.8) is 0 Å². The molecule has 2 rings (SSSR count). The summed E-state index contributed by atoms with van der Waals surface area (Å²) in [6, 6.07) is 0. The van der Waals surface area contributed by atoms with Gasteiger partial charge in [-0.05, 0) is 33.4 Å². The Morgan fingerprint density at radius 3 is 2.89 bits per heavy atom. The van der Waals surface area contributed by atoms with Crippen molar-refractivity contribution in [2.45, 2.75) is 38.5 Å². The Hall–Kier alpha value is -0.980. The average Bonchev–Trinajstić information content (AvgIpc) is 2.80. The fourth-order valence-corrected chi connectivity index (χ4v) is 2.24. The number of likely N-dealkylation sites (N-methyl/N-ethyl adjacent to an activating group) is 1. The number of aromatic nitrogens is 3. The minimum atomic E-state index is 0.0883. The van der Waals surface area contributed by atoms with E-state index in [0.29, 0.717) is 6.54 Å². The molecule has 6 heteroatoms. The molecule has 0 aliphatic carbocycles. The number of rotatable bonds is 5. The summed E-state index contributed by atoms with van der Waals surface area (Å²) in [5, 5.41) is 8.49. The molecule has 2 N–H and O–H groups in total. The number of hydrogen-bond acceptors (Lipinski definition) is 5. The number of nitrogens with two attached hydrogens (primary N) is 1. The van der Waals surface area contributed by atoms with Crippen molar-refractivity contribution in [2.24, 2.45) is 5.73 Å². The molecule has 1 unspecified atom stereocenters. The molecular weight excluding hydrogens is 230 g/mol. The van der Waals surface area contributed by atoms with Crippen molar-refractivity contribution in [1.29, 1.82) is 0 Å². The second kappa shape index (κ2) is 6.26. The summed E-state index contributed by atoms with van der Waals surface area (Å²) in [4.78, 5) is 2.12. The minimum Gasteiger partial charge on any atom is -0.372 e. The van der Waals surface area contributed by atoms with Crippen LogP contribution in [0, 0.1) is 0 Å². The molecule has 1 saturated heterocycles. The lowest BCUT2D eigenvalue weighted by molar-refractivity contribution is 0.0117. The SMILES string of the molecule is CN(C)CCn1nnc(C2CCCCO2)c1CN. The first kappa shape index (κ1) is 13.5. The second-order valence-corrected chi connectivity index (χ2v) is 5.01. The second-order valence-electron chi connectivity index (χ2n) is 5.01. The quantitative estimate of drug-likeness (QED) is 0.829. The van der Waals surface area contributed by atoms with Crippen LogP contribution in [0.2, 0.25) is 0 Å². The summed E-state index contributed by atoms with van der Waals surface area (Å²) in [6.07, 6.45) is 3.45. The van der Waals surface area contributed by atoms with Crippen LogP contribution in [0.5, 0.6) is 0 Å². The standard InChI is InChI=1S/C12H23N5O/c1-16(2)6-7-17-10(9-13)12(14-15-17)11-5-3-4-8-18-11/h11H,3-9,13H2,1-2H3. The van der Waals surface area contributed by atoms with E-state index in [9.17, 15) is 0 Å². The van der Waals surface area contributed by atoms with Crippen LogP contribution < -0.4 is 5.73 Å². The highest BCUT2D eigenvalue weighted by Crippen LogP contribution is 2.28. The normalized spacial score (nSPS) is 20.6. The smallest absolute Gasteiger partial charge is 0.116 e. The predicted octanol–water partition coefficient (Wildman–Crippen LogP) is 0.540. The van der Waals surface area contributed by atoms with E-state index < -0.39 is 0 Å². The van der Waals surface area contributed by atoms with Crippen molar-refractivity contribution in [1.82, 2.24) is 19.9 Å². The van der Waals surface area contributed by atoms with Gasteiger partial charge in [-0.15, -0.1) is 5.10 Å². The van der Waals surface area contributed by atoms with E-state index in [2.05, 4.69) is 15.2 Å². The predicted molar refractivity (Wildman–Crippen MR) is 69.0 cm³/mol. The number of ether oxygens (including phenoxy) is 1. The highest BCUT2D eigenvalue weighted by molar-refractivity contribution is 5.13. The van der Waals surface area contributed by atoms with Crippen LogP contribution in [-0.2, 0) is 17.8 Å². The summed E-state index contributed by atoms with van der Waals surface area (Å²) < 4.78 is 7.67. The Balaban J connectivity index is 2.10. The first-order valence-corrected chi connectivity index (χ1v) is 6.61. The van der Waals surface area contributed by atoms with Gasteiger partial charge in [-0.1, -0.05) is 5.21 Å². The molecule has 0 aromatic carbocycles. The van der Waals surface area contributed by atoms with Gasteiger partial charge in [0.25, 0.3) is 0 Å². The van der Waals surface area contributed by atoms with Crippen LogP contribution in [0.15, 0.2) is 0 Å². The van der Waals surface area contributed by atoms with Crippen LogP contribution in [0.4, 0.5) is 0 Å². The molecule has 0 saturated carbocycles. The largest absolute Gasteiger partial charge is 0.372 e. The van der Waals surface area contributed by atoms with Crippen molar-refractivity contribution in [3.8, 4) is 0 Å².